The van der Waals surface area contributed by atoms with Crippen LogP contribution >= 0.6 is 12.2 Å². The summed E-state index contributed by atoms with van der Waals surface area (Å²) in [7, 11) is 0. The molecule has 5 heteroatoms. The minimum Gasteiger partial charge on any atom is -0.486 e. The Balaban J connectivity index is 2.06. The Morgan fingerprint density at radius 2 is 1.86 bits per heavy atom. The maximum absolute atomic E-state index is 5.85. The fraction of sp³-hybridized carbons (Fsp3) is 0.529. The van der Waals surface area contributed by atoms with E-state index >= 15 is 0 Å². The van der Waals surface area contributed by atoms with Gasteiger partial charge in [-0.3, -0.25) is 5.10 Å². The third-order valence-electron chi connectivity index (χ3n) is 3.47. The van der Waals surface area contributed by atoms with Gasteiger partial charge in [-0.15, -0.1) is 0 Å². The predicted octanol–water partition coefficient (Wildman–Crippen LogP) is 4.47. The highest BCUT2D eigenvalue weighted by Crippen LogP contribution is 2.24. The van der Waals surface area contributed by atoms with Crippen LogP contribution in [-0.2, 0) is 18.6 Å². The number of ether oxygens (including phenoxy) is 1. The lowest BCUT2D eigenvalue weighted by Gasteiger charge is -2.19. The maximum Gasteiger partial charge on any atom is 0.195 e. The smallest absolute Gasteiger partial charge is 0.195 e. The van der Waals surface area contributed by atoms with Crippen LogP contribution in [0.1, 0.15) is 46.0 Å². The molecule has 2 aromatic rings. The van der Waals surface area contributed by atoms with E-state index in [1.165, 1.54) is 5.56 Å². The number of nitrogens with zero attached hydrogens (tertiary/aromatic N) is 2. The van der Waals surface area contributed by atoms with Crippen molar-refractivity contribution in [2.45, 2.75) is 53.2 Å². The lowest BCUT2D eigenvalue weighted by Crippen LogP contribution is -2.12. The molecular weight excluding hydrogens is 294 g/mol. The van der Waals surface area contributed by atoms with Crippen molar-refractivity contribution < 1.29 is 4.74 Å². The molecular formula is C17H25N3OS. The summed E-state index contributed by atoms with van der Waals surface area (Å²) >= 11 is 5.27. The van der Waals surface area contributed by atoms with E-state index < -0.39 is 0 Å². The molecule has 0 bridgehead atoms. The molecule has 0 saturated carbocycles. The molecule has 0 radical (unpaired) electrons. The average molecular weight is 319 g/mol. The molecule has 0 aliphatic carbocycles. The number of nitrogens with one attached hydrogen (secondary N) is 1. The van der Waals surface area contributed by atoms with Crippen molar-refractivity contribution in [3.8, 4) is 5.75 Å². The van der Waals surface area contributed by atoms with Gasteiger partial charge in [-0.1, -0.05) is 46.8 Å². The largest absolute Gasteiger partial charge is 0.486 e. The molecule has 0 amide bonds. The average Bonchev–Trinajstić information content (AvgIpc) is 2.76. The molecule has 1 N–H and O–H groups in total. The van der Waals surface area contributed by atoms with Crippen LogP contribution in [0.2, 0.25) is 0 Å². The van der Waals surface area contributed by atoms with Gasteiger partial charge in [0.2, 0.25) is 0 Å². The lowest BCUT2D eigenvalue weighted by molar-refractivity contribution is 0.285. The molecule has 0 aliphatic heterocycles. The summed E-state index contributed by atoms with van der Waals surface area (Å²) in [6.07, 6.45) is 0. The van der Waals surface area contributed by atoms with Gasteiger partial charge < -0.3 is 9.30 Å². The molecule has 1 aromatic heterocycles. The van der Waals surface area contributed by atoms with E-state index in [1.807, 2.05) is 16.7 Å². The van der Waals surface area contributed by atoms with Crippen LogP contribution in [0, 0.1) is 10.7 Å². The van der Waals surface area contributed by atoms with E-state index in [4.69, 9.17) is 17.0 Å². The van der Waals surface area contributed by atoms with Gasteiger partial charge in [0.05, 0.1) is 0 Å². The summed E-state index contributed by atoms with van der Waals surface area (Å²) in [4.78, 5) is 0. The van der Waals surface area contributed by atoms with Gasteiger partial charge in [-0.25, -0.2) is 0 Å². The number of rotatable bonds is 5. The minimum atomic E-state index is 0.151. The fourth-order valence-electron chi connectivity index (χ4n) is 2.21. The molecule has 1 heterocycles. The zero-order chi connectivity index (χ0) is 16.3. The first-order valence-corrected chi connectivity index (χ1v) is 8.05. The molecule has 0 fully saturated rings. The highest BCUT2D eigenvalue weighted by molar-refractivity contribution is 7.71. The second-order valence-electron chi connectivity index (χ2n) is 7.01. The first-order valence-electron chi connectivity index (χ1n) is 7.65. The van der Waals surface area contributed by atoms with E-state index in [1.54, 1.807) is 0 Å². The Hall–Kier alpha value is -1.62. The van der Waals surface area contributed by atoms with Gasteiger partial charge in [0.15, 0.2) is 10.6 Å². The van der Waals surface area contributed by atoms with E-state index in [-0.39, 0.29) is 5.41 Å². The third-order valence-corrected chi connectivity index (χ3v) is 3.78. The van der Waals surface area contributed by atoms with Gasteiger partial charge in [0.25, 0.3) is 0 Å². The van der Waals surface area contributed by atoms with Crippen LogP contribution in [0.5, 0.6) is 5.75 Å². The summed E-state index contributed by atoms with van der Waals surface area (Å²) in [6, 6.07) is 8.24. The summed E-state index contributed by atoms with van der Waals surface area (Å²) < 4.78 is 8.50. The van der Waals surface area contributed by atoms with Crippen LogP contribution in [0.4, 0.5) is 0 Å². The summed E-state index contributed by atoms with van der Waals surface area (Å²) in [5.41, 5.74) is 1.44. The molecule has 0 spiro atoms. The van der Waals surface area contributed by atoms with E-state index in [0.29, 0.717) is 17.3 Å². The second kappa shape index (κ2) is 6.65. The third kappa shape index (κ3) is 4.19. The van der Waals surface area contributed by atoms with E-state index in [2.05, 4.69) is 56.9 Å². The topological polar surface area (TPSA) is 42.8 Å². The maximum atomic E-state index is 5.85. The Morgan fingerprint density at radius 1 is 1.23 bits per heavy atom. The first kappa shape index (κ1) is 16.7. The lowest BCUT2D eigenvalue weighted by atomic mass is 9.87. The normalized spacial score (nSPS) is 11.9. The number of H-pyrrole nitrogens is 1. The molecule has 1 aromatic carbocycles. The molecule has 4 nitrogen and oxygen atoms in total. The van der Waals surface area contributed by atoms with Crippen LogP contribution in [0.15, 0.2) is 24.3 Å². The molecule has 0 aliphatic rings. The number of aromatic nitrogens is 3. The van der Waals surface area contributed by atoms with Gasteiger partial charge in [0, 0.05) is 6.54 Å². The number of hydrogen-bond donors (Lipinski definition) is 1. The molecule has 0 atom stereocenters. The van der Waals surface area contributed by atoms with Gasteiger partial charge >= 0.3 is 0 Å². The van der Waals surface area contributed by atoms with E-state index in [0.717, 1.165) is 18.1 Å². The van der Waals surface area contributed by atoms with Crippen LogP contribution in [0.25, 0.3) is 0 Å². The van der Waals surface area contributed by atoms with Crippen molar-refractivity contribution in [3.63, 3.8) is 0 Å². The van der Waals surface area contributed by atoms with Crippen molar-refractivity contribution >= 4 is 12.2 Å². The van der Waals surface area contributed by atoms with Crippen molar-refractivity contribution in [3.05, 3.63) is 40.4 Å². The quantitative estimate of drug-likeness (QED) is 0.827. The van der Waals surface area contributed by atoms with Crippen molar-refractivity contribution in [1.82, 2.24) is 14.8 Å². The monoisotopic (exact) mass is 319 g/mol. The fourth-order valence-corrected chi connectivity index (χ4v) is 2.44. The van der Waals surface area contributed by atoms with Gasteiger partial charge in [-0.05, 0) is 41.2 Å². The minimum absolute atomic E-state index is 0.151. The Bertz CT molecular complexity index is 662. The Labute approximate surface area is 137 Å². The highest BCUT2D eigenvalue weighted by Gasteiger charge is 2.13. The zero-order valence-corrected chi connectivity index (χ0v) is 14.8. The molecule has 22 heavy (non-hydrogen) atoms. The van der Waals surface area contributed by atoms with Crippen molar-refractivity contribution in [1.29, 1.82) is 0 Å². The van der Waals surface area contributed by atoms with Crippen LogP contribution < -0.4 is 4.74 Å². The molecule has 0 saturated heterocycles. The Kier molecular flexibility index (Phi) is 5.06. The first-order chi connectivity index (χ1) is 10.3. The number of benzene rings is 1. The number of hydrogen-bond acceptors (Lipinski definition) is 3. The summed E-state index contributed by atoms with van der Waals surface area (Å²) in [5.74, 6) is 2.19. The van der Waals surface area contributed by atoms with E-state index in [9.17, 15) is 0 Å². The van der Waals surface area contributed by atoms with Gasteiger partial charge in [-0.2, -0.15) is 5.10 Å². The van der Waals surface area contributed by atoms with Crippen LogP contribution in [-0.4, -0.2) is 14.8 Å². The van der Waals surface area contributed by atoms with Crippen molar-refractivity contribution in [2.75, 3.05) is 0 Å². The number of aromatic amines is 1. The summed E-state index contributed by atoms with van der Waals surface area (Å²) in [5, 5.41) is 7.11. The van der Waals surface area contributed by atoms with Crippen molar-refractivity contribution in [2.24, 2.45) is 5.92 Å². The Morgan fingerprint density at radius 3 is 2.41 bits per heavy atom. The highest BCUT2D eigenvalue weighted by atomic mass is 32.1. The standard InChI is InChI=1S/C17H25N3OS/c1-12(2)10-20-15(18-19-16(20)22)11-21-14-8-6-13(7-9-14)17(3,4)5/h6-9,12H,10-11H2,1-5H3,(H,19,22). The van der Waals surface area contributed by atoms with Crippen LogP contribution in [0.3, 0.4) is 0 Å². The van der Waals surface area contributed by atoms with Gasteiger partial charge in [0.1, 0.15) is 12.4 Å². The second-order valence-corrected chi connectivity index (χ2v) is 7.40. The predicted molar refractivity (Wildman–Crippen MR) is 91.7 cm³/mol. The molecule has 120 valence electrons. The SMILES string of the molecule is CC(C)Cn1c(COc2ccc(C(C)(C)C)cc2)n[nH]c1=S. The summed E-state index contributed by atoms with van der Waals surface area (Å²) in [6.45, 7) is 12.2. The molecule has 0 unspecified atom stereocenters. The zero-order valence-electron chi connectivity index (χ0n) is 14.0. The molecule has 2 rings (SSSR count).